The van der Waals surface area contributed by atoms with Crippen LogP contribution in [0.4, 0.5) is 0 Å². The normalized spacial score (nSPS) is 10.5. The lowest BCUT2D eigenvalue weighted by Crippen LogP contribution is -2.19. The van der Waals surface area contributed by atoms with Gasteiger partial charge in [0.1, 0.15) is 0 Å². The Morgan fingerprint density at radius 2 is 1.76 bits per heavy atom. The minimum atomic E-state index is 0.0459. The van der Waals surface area contributed by atoms with Gasteiger partial charge in [-0.25, -0.2) is 0 Å². The highest BCUT2D eigenvalue weighted by Gasteiger charge is 2.00. The van der Waals surface area contributed by atoms with Gasteiger partial charge in [-0.1, -0.05) is 29.3 Å². The van der Waals surface area contributed by atoms with Crippen LogP contribution < -0.4 is 5.56 Å². The van der Waals surface area contributed by atoms with E-state index in [4.69, 9.17) is 0 Å². The molecule has 88 valence electrons. The third-order valence-corrected chi connectivity index (χ3v) is 3.22. The van der Waals surface area contributed by atoms with Crippen molar-refractivity contribution < 1.29 is 0 Å². The van der Waals surface area contributed by atoms with Crippen LogP contribution in [0.15, 0.2) is 41.3 Å². The van der Waals surface area contributed by atoms with E-state index in [1.54, 1.807) is 10.6 Å². The molecule has 0 N–H and O–H groups in total. The first-order chi connectivity index (χ1) is 8.04. The first kappa shape index (κ1) is 12.4. The second-order valence-corrected chi connectivity index (χ2v) is 5.56. The van der Waals surface area contributed by atoms with Crippen LogP contribution in [0.3, 0.4) is 0 Å². The Hall–Kier alpha value is -1.10. The molecule has 3 heteroatoms. The number of hydrogen-bond donors (Lipinski definition) is 0. The third-order valence-electron chi connectivity index (χ3n) is 2.58. The quantitative estimate of drug-likeness (QED) is 0.771. The van der Waals surface area contributed by atoms with Crippen molar-refractivity contribution in [1.29, 1.82) is 0 Å². The lowest BCUT2D eigenvalue weighted by molar-refractivity contribution is 0.754. The van der Waals surface area contributed by atoms with Gasteiger partial charge in [0, 0.05) is 15.8 Å². The summed E-state index contributed by atoms with van der Waals surface area (Å²) in [5.74, 6) is 0. The molecule has 0 amide bonds. The molecule has 0 aliphatic carbocycles. The summed E-state index contributed by atoms with van der Waals surface area (Å²) in [5, 5.41) is 0. The molecule has 0 fully saturated rings. The van der Waals surface area contributed by atoms with Gasteiger partial charge in [-0.05, 0) is 48.1 Å². The van der Waals surface area contributed by atoms with Gasteiger partial charge in [0.25, 0.3) is 5.56 Å². The highest BCUT2D eigenvalue weighted by atomic mass is 127. The third kappa shape index (κ3) is 3.19. The first-order valence-corrected chi connectivity index (χ1v) is 6.55. The minimum absolute atomic E-state index is 0.0459. The summed E-state index contributed by atoms with van der Waals surface area (Å²) >= 11 is 2.22. The van der Waals surface area contributed by atoms with Gasteiger partial charge in [0.05, 0.1) is 6.54 Å². The van der Waals surface area contributed by atoms with Crippen molar-refractivity contribution >= 4 is 22.6 Å². The van der Waals surface area contributed by atoms with E-state index < -0.39 is 0 Å². The zero-order valence-electron chi connectivity index (χ0n) is 9.90. The van der Waals surface area contributed by atoms with Gasteiger partial charge in [0.15, 0.2) is 0 Å². The molecule has 2 rings (SSSR count). The maximum Gasteiger partial charge on any atom is 0.250 e. The van der Waals surface area contributed by atoms with E-state index in [0.717, 1.165) is 3.57 Å². The summed E-state index contributed by atoms with van der Waals surface area (Å²) in [4.78, 5) is 11.7. The number of hydrogen-bond acceptors (Lipinski definition) is 1. The average Bonchev–Trinajstić information content (AvgIpc) is 2.22. The minimum Gasteiger partial charge on any atom is -0.310 e. The standard InChI is InChI=1S/C14H14INO/c1-10-5-11(2)7-12(6-10)8-16-9-13(15)3-4-14(16)17/h3-7,9H,8H2,1-2H3. The fourth-order valence-corrected chi connectivity index (χ4v) is 2.50. The van der Waals surface area contributed by atoms with Crippen LogP contribution in [0.2, 0.25) is 0 Å². The van der Waals surface area contributed by atoms with Crippen LogP contribution in [0.1, 0.15) is 16.7 Å². The van der Waals surface area contributed by atoms with E-state index in [-0.39, 0.29) is 5.56 Å². The number of aryl methyl sites for hydroxylation is 2. The van der Waals surface area contributed by atoms with Crippen LogP contribution in [-0.4, -0.2) is 4.57 Å². The smallest absolute Gasteiger partial charge is 0.250 e. The molecule has 1 aromatic heterocycles. The molecular weight excluding hydrogens is 325 g/mol. The molecule has 17 heavy (non-hydrogen) atoms. The predicted molar refractivity (Wildman–Crippen MR) is 78.4 cm³/mol. The first-order valence-electron chi connectivity index (χ1n) is 5.48. The fourth-order valence-electron chi connectivity index (χ4n) is 1.98. The highest BCUT2D eigenvalue weighted by Crippen LogP contribution is 2.10. The van der Waals surface area contributed by atoms with Crippen molar-refractivity contribution in [3.8, 4) is 0 Å². The molecule has 2 nitrogen and oxygen atoms in total. The molecule has 1 heterocycles. The molecule has 2 aromatic rings. The van der Waals surface area contributed by atoms with Gasteiger partial charge in [-0.3, -0.25) is 4.79 Å². The van der Waals surface area contributed by atoms with Crippen molar-refractivity contribution in [2.45, 2.75) is 20.4 Å². The summed E-state index contributed by atoms with van der Waals surface area (Å²) < 4.78 is 2.82. The Morgan fingerprint density at radius 1 is 1.12 bits per heavy atom. The monoisotopic (exact) mass is 339 g/mol. The lowest BCUT2D eigenvalue weighted by atomic mass is 10.1. The molecule has 0 atom stereocenters. The van der Waals surface area contributed by atoms with E-state index in [1.807, 2.05) is 12.3 Å². The van der Waals surface area contributed by atoms with Crippen LogP contribution >= 0.6 is 22.6 Å². The second kappa shape index (κ2) is 5.04. The van der Waals surface area contributed by atoms with E-state index >= 15 is 0 Å². The van der Waals surface area contributed by atoms with Crippen molar-refractivity contribution in [2.24, 2.45) is 0 Å². The van der Waals surface area contributed by atoms with Crippen molar-refractivity contribution in [3.63, 3.8) is 0 Å². The Morgan fingerprint density at radius 3 is 2.41 bits per heavy atom. The van der Waals surface area contributed by atoms with E-state index in [2.05, 4.69) is 54.6 Å². The molecule has 0 spiro atoms. The molecule has 1 aromatic carbocycles. The number of aromatic nitrogens is 1. The van der Waals surface area contributed by atoms with Crippen molar-refractivity contribution in [1.82, 2.24) is 4.57 Å². The molecule has 0 aliphatic heterocycles. The topological polar surface area (TPSA) is 22.0 Å². The van der Waals surface area contributed by atoms with Crippen LogP contribution in [0, 0.1) is 17.4 Å². The molecule has 0 saturated heterocycles. The molecule has 0 radical (unpaired) electrons. The van der Waals surface area contributed by atoms with Crippen LogP contribution in [0.25, 0.3) is 0 Å². The van der Waals surface area contributed by atoms with Gasteiger partial charge in [-0.2, -0.15) is 0 Å². The fraction of sp³-hybridized carbons (Fsp3) is 0.214. The molecule has 0 unspecified atom stereocenters. The Kier molecular flexibility index (Phi) is 3.66. The molecule has 0 bridgehead atoms. The van der Waals surface area contributed by atoms with Gasteiger partial charge in [0.2, 0.25) is 0 Å². The average molecular weight is 339 g/mol. The second-order valence-electron chi connectivity index (χ2n) is 4.31. The van der Waals surface area contributed by atoms with Crippen LogP contribution in [-0.2, 0) is 6.54 Å². The number of pyridine rings is 1. The Balaban J connectivity index is 2.37. The van der Waals surface area contributed by atoms with E-state index in [0.29, 0.717) is 6.54 Å². The Bertz CT molecular complexity index is 581. The van der Waals surface area contributed by atoms with Crippen molar-refractivity contribution in [2.75, 3.05) is 0 Å². The Labute approximate surface area is 114 Å². The largest absolute Gasteiger partial charge is 0.310 e. The predicted octanol–water partition coefficient (Wildman–Crippen LogP) is 3.12. The summed E-state index contributed by atoms with van der Waals surface area (Å²) in [6.07, 6.45) is 1.89. The molecular formula is C14H14INO. The summed E-state index contributed by atoms with van der Waals surface area (Å²) in [5.41, 5.74) is 3.69. The van der Waals surface area contributed by atoms with E-state index in [9.17, 15) is 4.79 Å². The summed E-state index contributed by atoms with van der Waals surface area (Å²) in [6, 6.07) is 9.84. The van der Waals surface area contributed by atoms with Gasteiger partial charge >= 0.3 is 0 Å². The number of benzene rings is 1. The summed E-state index contributed by atoms with van der Waals surface area (Å²) in [7, 11) is 0. The maximum absolute atomic E-state index is 11.7. The zero-order chi connectivity index (χ0) is 12.4. The SMILES string of the molecule is Cc1cc(C)cc(Cn2cc(I)ccc2=O)c1. The highest BCUT2D eigenvalue weighted by molar-refractivity contribution is 14.1. The maximum atomic E-state index is 11.7. The zero-order valence-corrected chi connectivity index (χ0v) is 12.1. The van der Waals surface area contributed by atoms with Crippen molar-refractivity contribution in [3.05, 3.63) is 67.1 Å². The van der Waals surface area contributed by atoms with Crippen LogP contribution in [0.5, 0.6) is 0 Å². The number of nitrogens with zero attached hydrogens (tertiary/aromatic N) is 1. The number of rotatable bonds is 2. The van der Waals surface area contributed by atoms with E-state index in [1.165, 1.54) is 16.7 Å². The molecule has 0 saturated carbocycles. The van der Waals surface area contributed by atoms with Gasteiger partial charge in [-0.15, -0.1) is 0 Å². The lowest BCUT2D eigenvalue weighted by Gasteiger charge is -2.08. The number of halogens is 1. The molecule has 0 aliphatic rings. The summed E-state index contributed by atoms with van der Waals surface area (Å²) in [6.45, 7) is 4.79. The van der Waals surface area contributed by atoms with Gasteiger partial charge < -0.3 is 4.57 Å².